The van der Waals surface area contributed by atoms with Gasteiger partial charge in [-0.1, -0.05) is 29.8 Å². The van der Waals surface area contributed by atoms with Gasteiger partial charge in [0.15, 0.2) is 0 Å². The molecule has 0 aliphatic rings. The monoisotopic (exact) mass is 467 g/mol. The Morgan fingerprint density at radius 2 is 1.73 bits per heavy atom. The zero-order valence-electron chi connectivity index (χ0n) is 17.7. The molecular formula is C24H19ClFN3O4. The quantitative estimate of drug-likeness (QED) is 0.287. The highest BCUT2D eigenvalue weighted by atomic mass is 35.5. The molecule has 3 aromatic carbocycles. The lowest BCUT2D eigenvalue weighted by Crippen LogP contribution is -2.31. The number of rotatable bonds is 6. The Balaban J connectivity index is 1.97. The maximum Gasteiger partial charge on any atom is 0.272 e. The molecule has 0 unspecified atom stereocenters. The highest BCUT2D eigenvalue weighted by Gasteiger charge is 2.18. The number of non-ortho nitro benzene ring substituents is 1. The van der Waals surface area contributed by atoms with Gasteiger partial charge in [-0.2, -0.15) is 0 Å². The number of anilines is 1. The van der Waals surface area contributed by atoms with Crippen molar-refractivity contribution in [3.05, 3.63) is 110 Å². The fourth-order valence-electron chi connectivity index (χ4n) is 3.16. The first-order valence-corrected chi connectivity index (χ1v) is 10.1. The van der Waals surface area contributed by atoms with Gasteiger partial charge in [-0.3, -0.25) is 19.7 Å². The molecule has 33 heavy (non-hydrogen) atoms. The minimum atomic E-state index is -0.743. The van der Waals surface area contributed by atoms with Crippen molar-refractivity contribution in [1.29, 1.82) is 0 Å². The first-order valence-electron chi connectivity index (χ1n) is 9.74. The predicted molar refractivity (Wildman–Crippen MR) is 124 cm³/mol. The number of carbonyl (C=O) groups is 2. The minimum Gasteiger partial charge on any atom is -0.321 e. The minimum absolute atomic E-state index is 0.0396. The Morgan fingerprint density at radius 1 is 1.03 bits per heavy atom. The van der Waals surface area contributed by atoms with Crippen LogP contribution in [0.4, 0.5) is 15.8 Å². The molecule has 0 aromatic heterocycles. The Labute approximate surface area is 194 Å². The Bertz CT molecular complexity index is 1270. The Hall–Kier alpha value is -4.04. The number of nitrogens with zero attached hydrogens (tertiary/aromatic N) is 1. The molecule has 0 aliphatic heterocycles. The van der Waals surface area contributed by atoms with Crippen molar-refractivity contribution in [1.82, 2.24) is 5.32 Å². The fraction of sp³-hybridized carbons (Fsp3) is 0.0833. The first kappa shape index (κ1) is 23.6. The van der Waals surface area contributed by atoms with Crippen molar-refractivity contribution in [2.45, 2.75) is 13.8 Å². The van der Waals surface area contributed by atoms with E-state index in [2.05, 4.69) is 10.6 Å². The summed E-state index contributed by atoms with van der Waals surface area (Å²) in [5.41, 5.74) is 2.29. The largest absolute Gasteiger partial charge is 0.321 e. The maximum atomic E-state index is 13.4. The standard InChI is InChI=1S/C24H19ClFN3O4/c1-14-8-15(2)10-18(9-14)27-24(31)22(12-16-4-3-5-19(11-16)29(32)33)28-23(30)20-7-6-17(26)13-21(20)25/h3-13H,1-2H3,(H,27,31)(H,28,30)/b22-12-. The molecule has 2 amide bonds. The summed E-state index contributed by atoms with van der Waals surface area (Å²) in [7, 11) is 0. The Kier molecular flexibility index (Phi) is 7.20. The van der Waals surface area contributed by atoms with Gasteiger partial charge in [-0.05, 0) is 66.9 Å². The van der Waals surface area contributed by atoms with Crippen molar-refractivity contribution in [2.75, 3.05) is 5.32 Å². The number of hydrogen-bond donors (Lipinski definition) is 2. The average Bonchev–Trinajstić information content (AvgIpc) is 2.72. The second-order valence-corrected chi connectivity index (χ2v) is 7.73. The van der Waals surface area contributed by atoms with Gasteiger partial charge in [-0.15, -0.1) is 0 Å². The summed E-state index contributed by atoms with van der Waals surface area (Å²) < 4.78 is 13.4. The molecule has 2 N–H and O–H groups in total. The van der Waals surface area contributed by atoms with Crippen LogP contribution in [0.25, 0.3) is 6.08 Å². The van der Waals surface area contributed by atoms with Crippen molar-refractivity contribution in [3.8, 4) is 0 Å². The van der Waals surface area contributed by atoms with Gasteiger partial charge in [-0.25, -0.2) is 4.39 Å². The highest BCUT2D eigenvalue weighted by Crippen LogP contribution is 2.20. The second-order valence-electron chi connectivity index (χ2n) is 7.32. The Morgan fingerprint density at radius 3 is 2.36 bits per heavy atom. The van der Waals surface area contributed by atoms with Gasteiger partial charge in [0.1, 0.15) is 11.5 Å². The number of nitrogens with one attached hydrogen (secondary N) is 2. The van der Waals surface area contributed by atoms with E-state index in [1.54, 1.807) is 18.2 Å². The lowest BCUT2D eigenvalue weighted by atomic mass is 10.1. The summed E-state index contributed by atoms with van der Waals surface area (Å²) in [5.74, 6) is -2.01. The van der Waals surface area contributed by atoms with Crippen LogP contribution in [0.2, 0.25) is 5.02 Å². The summed E-state index contributed by atoms with van der Waals surface area (Å²) in [6.07, 6.45) is 1.31. The number of amides is 2. The SMILES string of the molecule is Cc1cc(C)cc(NC(=O)/C(=C/c2cccc([N+](=O)[O-])c2)NC(=O)c2ccc(F)cc2Cl)c1. The number of nitro benzene ring substituents is 1. The summed E-state index contributed by atoms with van der Waals surface area (Å²) in [5, 5.41) is 16.2. The van der Waals surface area contributed by atoms with E-state index in [1.165, 1.54) is 30.3 Å². The van der Waals surface area contributed by atoms with Crippen LogP contribution >= 0.6 is 11.6 Å². The lowest BCUT2D eigenvalue weighted by Gasteiger charge is -2.13. The van der Waals surface area contributed by atoms with Gasteiger partial charge < -0.3 is 10.6 Å². The number of aryl methyl sites for hydroxylation is 2. The molecule has 0 atom stereocenters. The molecule has 0 bridgehead atoms. The van der Waals surface area contributed by atoms with Crippen LogP contribution in [0.3, 0.4) is 0 Å². The zero-order valence-corrected chi connectivity index (χ0v) is 18.4. The van der Waals surface area contributed by atoms with E-state index in [0.717, 1.165) is 23.3 Å². The van der Waals surface area contributed by atoms with E-state index in [9.17, 15) is 24.1 Å². The molecule has 0 radical (unpaired) electrons. The van der Waals surface area contributed by atoms with Crippen molar-refractivity contribution in [3.63, 3.8) is 0 Å². The smallest absolute Gasteiger partial charge is 0.272 e. The summed E-state index contributed by atoms with van der Waals surface area (Å²) in [6, 6.07) is 14.3. The van der Waals surface area contributed by atoms with Gasteiger partial charge in [0, 0.05) is 17.8 Å². The molecule has 3 rings (SSSR count). The summed E-state index contributed by atoms with van der Waals surface area (Å²) in [6.45, 7) is 3.75. The van der Waals surface area contributed by atoms with E-state index in [-0.39, 0.29) is 22.0 Å². The normalized spacial score (nSPS) is 11.1. The molecule has 0 heterocycles. The van der Waals surface area contributed by atoms with Gasteiger partial charge in [0.05, 0.1) is 15.5 Å². The number of carbonyl (C=O) groups excluding carboxylic acids is 2. The molecule has 168 valence electrons. The third kappa shape index (κ3) is 6.24. The maximum absolute atomic E-state index is 13.4. The van der Waals surface area contributed by atoms with Crippen molar-refractivity contribution >= 4 is 40.9 Å². The van der Waals surface area contributed by atoms with Crippen LogP contribution in [0.15, 0.2) is 66.4 Å². The molecule has 9 heteroatoms. The number of benzene rings is 3. The molecule has 0 spiro atoms. The third-order valence-corrected chi connectivity index (χ3v) is 4.85. The van der Waals surface area contributed by atoms with E-state index >= 15 is 0 Å². The van der Waals surface area contributed by atoms with Gasteiger partial charge >= 0.3 is 0 Å². The summed E-state index contributed by atoms with van der Waals surface area (Å²) in [4.78, 5) is 36.3. The number of hydrogen-bond acceptors (Lipinski definition) is 4. The van der Waals surface area contributed by atoms with Gasteiger partial charge in [0.25, 0.3) is 17.5 Å². The number of nitro groups is 1. The van der Waals surface area contributed by atoms with Crippen molar-refractivity contribution in [2.24, 2.45) is 0 Å². The van der Waals surface area contributed by atoms with Crippen LogP contribution < -0.4 is 10.6 Å². The lowest BCUT2D eigenvalue weighted by molar-refractivity contribution is -0.384. The van der Waals surface area contributed by atoms with Crippen LogP contribution in [0.1, 0.15) is 27.0 Å². The molecule has 0 fully saturated rings. The van der Waals surface area contributed by atoms with Crippen LogP contribution in [-0.2, 0) is 4.79 Å². The highest BCUT2D eigenvalue weighted by molar-refractivity contribution is 6.34. The van der Waals surface area contributed by atoms with Crippen molar-refractivity contribution < 1.29 is 18.9 Å². The molecule has 0 aliphatic carbocycles. The molecular weight excluding hydrogens is 449 g/mol. The van der Waals surface area contributed by atoms with E-state index in [1.807, 2.05) is 19.9 Å². The van der Waals surface area contributed by atoms with E-state index < -0.39 is 22.6 Å². The summed E-state index contributed by atoms with van der Waals surface area (Å²) >= 11 is 5.97. The third-order valence-electron chi connectivity index (χ3n) is 4.54. The molecule has 0 saturated carbocycles. The van der Waals surface area contributed by atoms with E-state index in [4.69, 9.17) is 11.6 Å². The number of halogens is 2. The fourth-order valence-corrected chi connectivity index (χ4v) is 3.41. The molecule has 0 saturated heterocycles. The van der Waals surface area contributed by atoms with Crippen LogP contribution in [-0.4, -0.2) is 16.7 Å². The first-order chi connectivity index (χ1) is 15.6. The van der Waals surface area contributed by atoms with Crippen LogP contribution in [0.5, 0.6) is 0 Å². The average molecular weight is 468 g/mol. The van der Waals surface area contributed by atoms with Gasteiger partial charge in [0.2, 0.25) is 0 Å². The topological polar surface area (TPSA) is 101 Å². The van der Waals surface area contributed by atoms with Crippen LogP contribution in [0, 0.1) is 29.8 Å². The zero-order chi connectivity index (χ0) is 24.1. The molecule has 7 nitrogen and oxygen atoms in total. The second kappa shape index (κ2) is 10.1. The molecule has 3 aromatic rings. The van der Waals surface area contributed by atoms with E-state index in [0.29, 0.717) is 11.3 Å². The predicted octanol–water partition coefficient (Wildman–Crippen LogP) is 5.41.